The minimum atomic E-state index is -0.108. The molecule has 2 aromatic heterocycles. The van der Waals surface area contributed by atoms with Gasteiger partial charge in [0, 0.05) is 23.2 Å². The Kier molecular flexibility index (Phi) is 7.11. The molecule has 1 aliphatic rings. The molecular formula is C26H28N8O2. The van der Waals surface area contributed by atoms with Crippen molar-refractivity contribution in [2.45, 2.75) is 38.8 Å². The van der Waals surface area contributed by atoms with Gasteiger partial charge in [-0.05, 0) is 49.9 Å². The summed E-state index contributed by atoms with van der Waals surface area (Å²) < 4.78 is 3.72. The van der Waals surface area contributed by atoms with Crippen LogP contribution in [0, 0.1) is 11.8 Å². The summed E-state index contributed by atoms with van der Waals surface area (Å²) in [7, 11) is 0. The first-order chi connectivity index (χ1) is 17.7. The molecule has 0 saturated heterocycles. The SMILES string of the molecule is O=C(NCc1nncn1-c1ccccc1)C1CCC(C(=O)NCc2nncn2-c2ccccc2)CC1. The first-order valence-corrected chi connectivity index (χ1v) is 12.1. The van der Waals surface area contributed by atoms with Gasteiger partial charge >= 0.3 is 0 Å². The zero-order valence-corrected chi connectivity index (χ0v) is 19.8. The Labute approximate surface area is 208 Å². The molecule has 2 amide bonds. The van der Waals surface area contributed by atoms with Crippen LogP contribution in [0.5, 0.6) is 0 Å². The van der Waals surface area contributed by atoms with Crippen LogP contribution in [0.4, 0.5) is 0 Å². The molecule has 0 aliphatic heterocycles. The van der Waals surface area contributed by atoms with E-state index in [0.717, 1.165) is 11.4 Å². The summed E-state index contributed by atoms with van der Waals surface area (Å²) in [6.45, 7) is 0.604. The molecule has 5 rings (SSSR count). The molecule has 1 saturated carbocycles. The monoisotopic (exact) mass is 484 g/mol. The number of hydrogen-bond acceptors (Lipinski definition) is 6. The van der Waals surface area contributed by atoms with Crippen molar-refractivity contribution in [3.8, 4) is 11.4 Å². The van der Waals surface area contributed by atoms with Crippen molar-refractivity contribution in [3.63, 3.8) is 0 Å². The number of amides is 2. The van der Waals surface area contributed by atoms with E-state index in [-0.39, 0.29) is 23.7 Å². The Morgan fingerprint density at radius 3 is 1.44 bits per heavy atom. The van der Waals surface area contributed by atoms with Crippen LogP contribution >= 0.6 is 0 Å². The highest BCUT2D eigenvalue weighted by Gasteiger charge is 2.30. The standard InChI is InChI=1S/C26H28N8O2/c35-25(27-15-23-31-29-17-33(23)21-7-3-1-4-8-21)19-11-13-20(14-12-19)26(36)28-16-24-32-30-18-34(24)22-9-5-2-6-10-22/h1-10,17-20H,11-16H2,(H,27,35)(H,28,36). The van der Waals surface area contributed by atoms with Crippen LogP contribution in [-0.4, -0.2) is 41.3 Å². The third kappa shape index (κ3) is 5.32. The molecule has 1 fully saturated rings. The highest BCUT2D eigenvalue weighted by atomic mass is 16.2. The fraction of sp³-hybridized carbons (Fsp3) is 0.308. The van der Waals surface area contributed by atoms with Crippen molar-refractivity contribution in [3.05, 3.63) is 85.0 Å². The molecule has 0 bridgehead atoms. The highest BCUT2D eigenvalue weighted by Crippen LogP contribution is 2.29. The van der Waals surface area contributed by atoms with Gasteiger partial charge in [-0.1, -0.05) is 36.4 Å². The molecule has 2 heterocycles. The molecule has 0 spiro atoms. The lowest BCUT2D eigenvalue weighted by molar-refractivity contribution is -0.130. The summed E-state index contributed by atoms with van der Waals surface area (Å²) >= 11 is 0. The van der Waals surface area contributed by atoms with Gasteiger partial charge in [0.05, 0.1) is 13.1 Å². The predicted octanol–water partition coefficient (Wildman–Crippen LogP) is 2.59. The first kappa shape index (κ1) is 23.4. The van der Waals surface area contributed by atoms with Crippen LogP contribution in [0.2, 0.25) is 0 Å². The van der Waals surface area contributed by atoms with Crippen LogP contribution in [0.25, 0.3) is 11.4 Å². The number of nitrogens with one attached hydrogen (secondary N) is 2. The lowest BCUT2D eigenvalue weighted by Crippen LogP contribution is -2.37. The maximum Gasteiger partial charge on any atom is 0.223 e. The second-order valence-electron chi connectivity index (χ2n) is 8.89. The lowest BCUT2D eigenvalue weighted by Gasteiger charge is -2.27. The van der Waals surface area contributed by atoms with E-state index in [0.29, 0.717) is 50.4 Å². The molecule has 10 nitrogen and oxygen atoms in total. The predicted molar refractivity (Wildman–Crippen MR) is 132 cm³/mol. The molecule has 184 valence electrons. The van der Waals surface area contributed by atoms with E-state index in [9.17, 15) is 9.59 Å². The minimum Gasteiger partial charge on any atom is -0.349 e. The summed E-state index contributed by atoms with van der Waals surface area (Å²) in [5.41, 5.74) is 1.89. The third-order valence-electron chi connectivity index (χ3n) is 6.62. The van der Waals surface area contributed by atoms with Gasteiger partial charge in [0.25, 0.3) is 0 Å². The number of carbonyl (C=O) groups is 2. The second kappa shape index (κ2) is 10.9. The van der Waals surface area contributed by atoms with Crippen molar-refractivity contribution >= 4 is 11.8 Å². The smallest absolute Gasteiger partial charge is 0.223 e. The molecule has 0 radical (unpaired) electrons. The van der Waals surface area contributed by atoms with E-state index < -0.39 is 0 Å². The molecule has 0 atom stereocenters. The summed E-state index contributed by atoms with van der Waals surface area (Å²) in [6, 6.07) is 19.5. The van der Waals surface area contributed by atoms with Gasteiger partial charge < -0.3 is 10.6 Å². The Morgan fingerprint density at radius 2 is 1.06 bits per heavy atom. The third-order valence-corrected chi connectivity index (χ3v) is 6.62. The van der Waals surface area contributed by atoms with E-state index in [1.807, 2.05) is 69.8 Å². The lowest BCUT2D eigenvalue weighted by atomic mass is 9.81. The van der Waals surface area contributed by atoms with Gasteiger partial charge in [0.15, 0.2) is 11.6 Å². The number of carbonyl (C=O) groups excluding carboxylic acids is 2. The number of para-hydroxylation sites is 2. The van der Waals surface area contributed by atoms with Crippen molar-refractivity contribution in [2.24, 2.45) is 11.8 Å². The van der Waals surface area contributed by atoms with Crippen LogP contribution in [-0.2, 0) is 22.7 Å². The van der Waals surface area contributed by atoms with E-state index in [1.54, 1.807) is 12.7 Å². The Bertz CT molecular complexity index is 1190. The van der Waals surface area contributed by atoms with Gasteiger partial charge in [-0.25, -0.2) is 0 Å². The van der Waals surface area contributed by atoms with Crippen molar-refractivity contribution in [1.82, 2.24) is 40.2 Å². The zero-order valence-electron chi connectivity index (χ0n) is 19.8. The fourth-order valence-corrected chi connectivity index (χ4v) is 4.61. The van der Waals surface area contributed by atoms with E-state index >= 15 is 0 Å². The summed E-state index contributed by atoms with van der Waals surface area (Å²) in [5.74, 6) is 1.11. The van der Waals surface area contributed by atoms with Gasteiger partial charge in [-0.2, -0.15) is 0 Å². The molecular weight excluding hydrogens is 456 g/mol. The summed E-state index contributed by atoms with van der Waals surface area (Å²) in [6.07, 6.45) is 5.99. The molecule has 1 aliphatic carbocycles. The normalized spacial score (nSPS) is 17.4. The quantitative estimate of drug-likeness (QED) is 0.397. The molecule has 10 heteroatoms. The van der Waals surface area contributed by atoms with Crippen molar-refractivity contribution < 1.29 is 9.59 Å². The van der Waals surface area contributed by atoms with E-state index in [1.165, 1.54) is 0 Å². The van der Waals surface area contributed by atoms with Gasteiger partial charge in [0.2, 0.25) is 11.8 Å². The summed E-state index contributed by atoms with van der Waals surface area (Å²) in [5, 5.41) is 22.2. The van der Waals surface area contributed by atoms with E-state index in [2.05, 4.69) is 31.0 Å². The van der Waals surface area contributed by atoms with E-state index in [4.69, 9.17) is 0 Å². The molecule has 4 aromatic rings. The maximum atomic E-state index is 12.8. The topological polar surface area (TPSA) is 120 Å². The van der Waals surface area contributed by atoms with Gasteiger partial charge in [-0.3, -0.25) is 18.7 Å². The number of nitrogens with zero attached hydrogens (tertiary/aromatic N) is 6. The van der Waals surface area contributed by atoms with Gasteiger partial charge in [-0.15, -0.1) is 20.4 Å². The molecule has 0 unspecified atom stereocenters. The Morgan fingerprint density at radius 1 is 0.667 bits per heavy atom. The maximum absolute atomic E-state index is 12.8. The minimum absolute atomic E-state index is 0.00701. The summed E-state index contributed by atoms with van der Waals surface area (Å²) in [4.78, 5) is 25.6. The number of benzene rings is 2. The van der Waals surface area contributed by atoms with Crippen LogP contribution in [0.15, 0.2) is 73.3 Å². The highest BCUT2D eigenvalue weighted by molar-refractivity contribution is 5.81. The Hall–Kier alpha value is -4.34. The van der Waals surface area contributed by atoms with Crippen LogP contribution in [0.3, 0.4) is 0 Å². The Balaban J connectivity index is 1.09. The number of aromatic nitrogens is 6. The van der Waals surface area contributed by atoms with Crippen LogP contribution in [0.1, 0.15) is 37.3 Å². The van der Waals surface area contributed by atoms with Crippen molar-refractivity contribution in [2.75, 3.05) is 0 Å². The second-order valence-corrected chi connectivity index (χ2v) is 8.89. The average molecular weight is 485 g/mol. The zero-order chi connectivity index (χ0) is 24.7. The fourth-order valence-electron chi connectivity index (χ4n) is 4.61. The first-order valence-electron chi connectivity index (χ1n) is 12.1. The van der Waals surface area contributed by atoms with Crippen molar-refractivity contribution in [1.29, 1.82) is 0 Å². The largest absolute Gasteiger partial charge is 0.349 e. The molecule has 2 aromatic carbocycles. The van der Waals surface area contributed by atoms with Crippen LogP contribution < -0.4 is 10.6 Å². The molecule has 2 N–H and O–H groups in total. The number of hydrogen-bond donors (Lipinski definition) is 2. The van der Waals surface area contributed by atoms with Gasteiger partial charge in [0.1, 0.15) is 12.7 Å². The number of rotatable bonds is 8. The average Bonchev–Trinajstić information content (AvgIpc) is 3.61. The molecule has 36 heavy (non-hydrogen) atoms.